The molecule has 0 bridgehead atoms. The Kier molecular flexibility index (Phi) is 4.52. The summed E-state index contributed by atoms with van der Waals surface area (Å²) in [5.74, 6) is 0. The van der Waals surface area contributed by atoms with Crippen LogP contribution in [0.3, 0.4) is 0 Å². The van der Waals surface area contributed by atoms with Crippen molar-refractivity contribution in [3.63, 3.8) is 0 Å². The summed E-state index contributed by atoms with van der Waals surface area (Å²) < 4.78 is 27.0. The zero-order chi connectivity index (χ0) is 13.0. The summed E-state index contributed by atoms with van der Waals surface area (Å²) in [6, 6.07) is 7.30. The molecule has 0 spiro atoms. The van der Waals surface area contributed by atoms with Gasteiger partial charge in [0, 0.05) is 22.8 Å². The first-order valence-electron chi connectivity index (χ1n) is 5.37. The van der Waals surface area contributed by atoms with Crippen LogP contribution in [0, 0.1) is 0 Å². The number of rotatable bonds is 6. The summed E-state index contributed by atoms with van der Waals surface area (Å²) in [5.41, 5.74) is 0. The molecule has 98 valence electrons. The largest absolute Gasteiger partial charge is 0.315 e. The summed E-state index contributed by atoms with van der Waals surface area (Å²) >= 11 is 2.83. The number of hydrogen-bond acceptors (Lipinski definition) is 5. The minimum Gasteiger partial charge on any atom is -0.315 e. The zero-order valence-corrected chi connectivity index (χ0v) is 12.3. The average molecular weight is 302 g/mol. The molecular formula is C11H14N2O2S3. The van der Waals surface area contributed by atoms with E-state index in [4.69, 9.17) is 0 Å². The number of sulfonamides is 1. The molecule has 2 N–H and O–H groups in total. The van der Waals surface area contributed by atoms with E-state index in [1.807, 2.05) is 30.6 Å². The lowest BCUT2D eigenvalue weighted by Gasteiger charge is -2.02. The van der Waals surface area contributed by atoms with E-state index in [1.54, 1.807) is 6.07 Å². The van der Waals surface area contributed by atoms with E-state index in [9.17, 15) is 8.42 Å². The zero-order valence-electron chi connectivity index (χ0n) is 9.84. The maximum Gasteiger partial charge on any atom is 0.250 e. The minimum absolute atomic E-state index is 0.346. The maximum absolute atomic E-state index is 12.0. The third-order valence-corrected chi connectivity index (χ3v) is 6.12. The van der Waals surface area contributed by atoms with Crippen LogP contribution in [-0.2, 0) is 23.1 Å². The molecule has 2 rings (SSSR count). The highest BCUT2D eigenvalue weighted by Gasteiger charge is 2.16. The predicted octanol–water partition coefficient (Wildman–Crippen LogP) is 2.01. The van der Waals surface area contributed by atoms with Crippen molar-refractivity contribution in [2.75, 3.05) is 7.05 Å². The predicted molar refractivity (Wildman–Crippen MR) is 75.4 cm³/mol. The van der Waals surface area contributed by atoms with Crippen LogP contribution in [0.15, 0.2) is 33.9 Å². The van der Waals surface area contributed by atoms with Crippen LogP contribution >= 0.6 is 22.7 Å². The van der Waals surface area contributed by atoms with Crippen LogP contribution in [0.5, 0.6) is 0 Å². The van der Waals surface area contributed by atoms with E-state index < -0.39 is 10.0 Å². The molecule has 0 aliphatic rings. The van der Waals surface area contributed by atoms with E-state index in [-0.39, 0.29) is 0 Å². The van der Waals surface area contributed by atoms with Crippen LogP contribution in [0.2, 0.25) is 0 Å². The quantitative estimate of drug-likeness (QED) is 0.858. The van der Waals surface area contributed by atoms with Gasteiger partial charge in [-0.1, -0.05) is 6.07 Å². The summed E-state index contributed by atoms with van der Waals surface area (Å²) in [5, 5.41) is 4.93. The van der Waals surface area contributed by atoms with Gasteiger partial charge in [0.15, 0.2) is 0 Å². The number of nitrogens with one attached hydrogen (secondary N) is 2. The Morgan fingerprint density at radius 1 is 1.17 bits per heavy atom. The summed E-state index contributed by atoms with van der Waals surface area (Å²) in [4.78, 5) is 2.01. The van der Waals surface area contributed by atoms with Gasteiger partial charge in [-0.05, 0) is 30.6 Å². The van der Waals surface area contributed by atoms with Crippen LogP contribution in [-0.4, -0.2) is 15.5 Å². The first-order valence-corrected chi connectivity index (χ1v) is 8.55. The van der Waals surface area contributed by atoms with Gasteiger partial charge in [-0.15, -0.1) is 22.7 Å². The second-order valence-electron chi connectivity index (χ2n) is 3.65. The highest BCUT2D eigenvalue weighted by molar-refractivity contribution is 7.91. The van der Waals surface area contributed by atoms with Gasteiger partial charge in [-0.3, -0.25) is 0 Å². The van der Waals surface area contributed by atoms with Crippen molar-refractivity contribution in [2.45, 2.75) is 17.3 Å². The van der Waals surface area contributed by atoms with E-state index in [2.05, 4.69) is 10.0 Å². The monoisotopic (exact) mass is 302 g/mol. The van der Waals surface area contributed by atoms with Crippen molar-refractivity contribution in [2.24, 2.45) is 0 Å². The van der Waals surface area contributed by atoms with Gasteiger partial charge in [-0.2, -0.15) is 0 Å². The molecule has 2 aromatic rings. The van der Waals surface area contributed by atoms with Crippen LogP contribution < -0.4 is 10.0 Å². The molecule has 2 heterocycles. The van der Waals surface area contributed by atoms with Gasteiger partial charge in [0.05, 0.1) is 0 Å². The Balaban J connectivity index is 2.05. The Labute approximate surface area is 115 Å². The van der Waals surface area contributed by atoms with Crippen LogP contribution in [0.25, 0.3) is 0 Å². The topological polar surface area (TPSA) is 58.2 Å². The van der Waals surface area contributed by atoms with E-state index >= 15 is 0 Å². The molecule has 0 saturated carbocycles. The van der Waals surface area contributed by atoms with Crippen molar-refractivity contribution >= 4 is 32.7 Å². The normalized spacial score (nSPS) is 11.8. The van der Waals surface area contributed by atoms with Gasteiger partial charge < -0.3 is 5.32 Å². The molecule has 0 amide bonds. The number of hydrogen-bond donors (Lipinski definition) is 2. The molecule has 0 fully saturated rings. The molecule has 0 radical (unpaired) electrons. The molecule has 2 aromatic heterocycles. The number of thiophene rings is 2. The fraction of sp³-hybridized carbons (Fsp3) is 0.273. The highest BCUT2D eigenvalue weighted by Crippen LogP contribution is 2.21. The molecule has 0 aromatic carbocycles. The molecule has 0 unspecified atom stereocenters. The lowest BCUT2D eigenvalue weighted by atomic mass is 10.5. The lowest BCUT2D eigenvalue weighted by Crippen LogP contribution is -2.21. The standard InChI is InChI=1S/C11H14N2O2S3/c1-12-7-10-4-5-11(17-10)18(14,15)13-8-9-3-2-6-16-9/h2-6,12-13H,7-8H2,1H3. The van der Waals surface area contributed by atoms with Gasteiger partial charge >= 0.3 is 0 Å². The molecular weight excluding hydrogens is 288 g/mol. The Morgan fingerprint density at radius 3 is 2.67 bits per heavy atom. The van der Waals surface area contributed by atoms with Crippen molar-refractivity contribution < 1.29 is 8.42 Å². The first kappa shape index (κ1) is 13.7. The highest BCUT2D eigenvalue weighted by atomic mass is 32.2. The molecule has 0 aliphatic carbocycles. The van der Waals surface area contributed by atoms with Crippen molar-refractivity contribution in [3.8, 4) is 0 Å². The van der Waals surface area contributed by atoms with Crippen molar-refractivity contribution in [3.05, 3.63) is 39.4 Å². The van der Waals surface area contributed by atoms with Gasteiger partial charge in [-0.25, -0.2) is 13.1 Å². The van der Waals surface area contributed by atoms with Crippen molar-refractivity contribution in [1.82, 2.24) is 10.0 Å². The fourth-order valence-corrected chi connectivity index (χ4v) is 4.58. The lowest BCUT2D eigenvalue weighted by molar-refractivity contribution is 0.584. The maximum atomic E-state index is 12.0. The Hall–Kier alpha value is -0.730. The molecule has 18 heavy (non-hydrogen) atoms. The van der Waals surface area contributed by atoms with Crippen LogP contribution in [0.4, 0.5) is 0 Å². The second-order valence-corrected chi connectivity index (χ2v) is 7.85. The molecule has 7 heteroatoms. The van der Waals surface area contributed by atoms with E-state index in [0.717, 1.165) is 9.75 Å². The Morgan fingerprint density at radius 2 is 2.00 bits per heavy atom. The first-order chi connectivity index (χ1) is 8.62. The summed E-state index contributed by atoms with van der Waals surface area (Å²) in [6.07, 6.45) is 0. The van der Waals surface area contributed by atoms with Gasteiger partial charge in [0.1, 0.15) is 4.21 Å². The van der Waals surface area contributed by atoms with Gasteiger partial charge in [0.25, 0.3) is 0 Å². The summed E-state index contributed by atoms with van der Waals surface area (Å²) in [7, 11) is -1.55. The average Bonchev–Trinajstić information content (AvgIpc) is 2.98. The van der Waals surface area contributed by atoms with Gasteiger partial charge in [0.2, 0.25) is 10.0 Å². The SMILES string of the molecule is CNCc1ccc(S(=O)(=O)NCc2cccs2)s1. The van der Waals surface area contributed by atoms with Crippen molar-refractivity contribution in [1.29, 1.82) is 0 Å². The molecule has 0 aliphatic heterocycles. The summed E-state index contributed by atoms with van der Waals surface area (Å²) in [6.45, 7) is 1.03. The van der Waals surface area contributed by atoms with Crippen LogP contribution in [0.1, 0.15) is 9.75 Å². The fourth-order valence-electron chi connectivity index (χ4n) is 1.42. The third kappa shape index (κ3) is 3.39. The van der Waals surface area contributed by atoms with E-state index in [1.165, 1.54) is 22.7 Å². The molecule has 0 atom stereocenters. The third-order valence-electron chi connectivity index (χ3n) is 2.27. The molecule has 0 saturated heterocycles. The Bertz CT molecular complexity index is 588. The molecule has 4 nitrogen and oxygen atoms in total. The smallest absolute Gasteiger partial charge is 0.250 e. The second kappa shape index (κ2) is 5.94. The van der Waals surface area contributed by atoms with E-state index in [0.29, 0.717) is 17.3 Å². The minimum atomic E-state index is -3.39.